The quantitative estimate of drug-likeness (QED) is 0.599. The predicted octanol–water partition coefficient (Wildman–Crippen LogP) is 3.20. The third-order valence-corrected chi connectivity index (χ3v) is 4.29. The molecular weight excluding hydrogens is 361 g/mol. The van der Waals surface area contributed by atoms with Crippen molar-refractivity contribution in [2.75, 3.05) is 25.0 Å². The van der Waals surface area contributed by atoms with Gasteiger partial charge < -0.3 is 20.5 Å². The minimum absolute atomic E-state index is 0.0238. The number of guanidine groups is 1. The van der Waals surface area contributed by atoms with Crippen molar-refractivity contribution < 1.29 is 22.6 Å². The van der Waals surface area contributed by atoms with Crippen molar-refractivity contribution in [3.05, 3.63) is 24.3 Å². The number of hydrogen-bond donors (Lipinski definition) is 2. The van der Waals surface area contributed by atoms with Crippen LogP contribution in [0.25, 0.3) is 0 Å². The fourth-order valence-corrected chi connectivity index (χ4v) is 3.01. The summed E-state index contributed by atoms with van der Waals surface area (Å²) in [5, 5.41) is 2.69. The number of aliphatic imine (C=N–C) groups is 1. The van der Waals surface area contributed by atoms with Crippen LogP contribution in [-0.4, -0.2) is 54.6 Å². The van der Waals surface area contributed by atoms with Gasteiger partial charge in [0, 0.05) is 18.6 Å². The highest BCUT2D eigenvalue weighted by Gasteiger charge is 2.33. The molecule has 0 bridgehead atoms. The molecule has 0 aromatic heterocycles. The van der Waals surface area contributed by atoms with Crippen LogP contribution >= 0.6 is 0 Å². The number of nitrogens with zero attached hydrogens (tertiary/aromatic N) is 2. The molecule has 0 saturated carbocycles. The average molecular weight is 388 g/mol. The number of nitrogens with one attached hydrogen (secondary N) is 1. The summed E-state index contributed by atoms with van der Waals surface area (Å²) < 4.78 is 47.3. The highest BCUT2D eigenvalue weighted by atomic mass is 19.4. The Labute approximate surface area is 157 Å². The van der Waals surface area contributed by atoms with Gasteiger partial charge in [-0.3, -0.25) is 9.89 Å². The summed E-state index contributed by atoms with van der Waals surface area (Å²) in [4.78, 5) is 6.60. The molecule has 152 valence electrons. The van der Waals surface area contributed by atoms with E-state index in [1.54, 1.807) is 6.07 Å². The number of anilines is 1. The van der Waals surface area contributed by atoms with Crippen molar-refractivity contribution in [3.8, 4) is 5.75 Å². The molecule has 3 N–H and O–H groups in total. The highest BCUT2D eigenvalue weighted by molar-refractivity contribution is 5.93. The summed E-state index contributed by atoms with van der Waals surface area (Å²) in [6.07, 6.45) is -4.53. The second kappa shape index (κ2) is 8.35. The van der Waals surface area contributed by atoms with Gasteiger partial charge in [-0.25, -0.2) is 0 Å². The van der Waals surface area contributed by atoms with E-state index in [0.717, 1.165) is 13.1 Å². The molecule has 0 radical (unpaired) electrons. The molecule has 2 unspecified atom stereocenters. The maximum atomic E-state index is 12.5. The summed E-state index contributed by atoms with van der Waals surface area (Å²) in [6.45, 7) is 10.1. The maximum absolute atomic E-state index is 12.5. The van der Waals surface area contributed by atoms with Gasteiger partial charge in [-0.15, -0.1) is 13.2 Å². The molecule has 6 nitrogen and oxygen atoms in total. The fourth-order valence-electron chi connectivity index (χ4n) is 3.01. The van der Waals surface area contributed by atoms with Gasteiger partial charge in [0.2, 0.25) is 0 Å². The van der Waals surface area contributed by atoms with E-state index < -0.39 is 6.36 Å². The van der Waals surface area contributed by atoms with Gasteiger partial charge in [0.05, 0.1) is 24.4 Å². The molecule has 1 aliphatic rings. The monoisotopic (exact) mass is 388 g/mol. The highest BCUT2D eigenvalue weighted by Crippen LogP contribution is 2.29. The fraction of sp³-hybridized carbons (Fsp3) is 0.611. The summed E-state index contributed by atoms with van der Waals surface area (Å²) in [7, 11) is 0. The van der Waals surface area contributed by atoms with Crippen LogP contribution in [0.5, 0.6) is 5.75 Å². The summed E-state index contributed by atoms with van der Waals surface area (Å²) in [6, 6.07) is 5.69. The summed E-state index contributed by atoms with van der Waals surface area (Å²) in [5.74, 6) is -0.339. The van der Waals surface area contributed by atoms with Crippen molar-refractivity contribution in [1.82, 2.24) is 4.90 Å². The van der Waals surface area contributed by atoms with E-state index in [-0.39, 0.29) is 35.1 Å². The number of alkyl halides is 3. The van der Waals surface area contributed by atoms with E-state index in [4.69, 9.17) is 10.5 Å². The van der Waals surface area contributed by atoms with Crippen LogP contribution in [0.2, 0.25) is 0 Å². The number of nitrogens with two attached hydrogens (primary N) is 1. The van der Waals surface area contributed by atoms with Gasteiger partial charge in [-0.2, -0.15) is 0 Å². The minimum Gasteiger partial charge on any atom is -0.404 e. The van der Waals surface area contributed by atoms with Crippen LogP contribution in [0.4, 0.5) is 18.9 Å². The molecule has 1 aliphatic heterocycles. The van der Waals surface area contributed by atoms with Gasteiger partial charge in [0.1, 0.15) is 0 Å². The topological polar surface area (TPSA) is 72.1 Å². The number of morpholine rings is 1. The first-order chi connectivity index (χ1) is 12.5. The standard InChI is InChI=1S/C18H27F3N4O2/c1-12-9-25(10-13(2)26-12)17(3,4)11-23-16(22)24-14-7-5-6-8-15(14)27-18(19,20)21/h5-8,12-13H,9-11H2,1-4H3,(H3,22,23,24). The van der Waals surface area contributed by atoms with Crippen molar-refractivity contribution in [2.24, 2.45) is 10.7 Å². The molecule has 2 atom stereocenters. The van der Waals surface area contributed by atoms with E-state index in [9.17, 15) is 13.2 Å². The lowest BCUT2D eigenvalue weighted by Gasteiger charge is -2.44. The zero-order chi connectivity index (χ0) is 20.2. The van der Waals surface area contributed by atoms with E-state index in [2.05, 4.69) is 33.8 Å². The van der Waals surface area contributed by atoms with E-state index >= 15 is 0 Å². The molecule has 2 rings (SSSR count). The van der Waals surface area contributed by atoms with E-state index in [0.29, 0.717) is 6.54 Å². The number of rotatable bonds is 5. The van der Waals surface area contributed by atoms with Crippen LogP contribution in [0.3, 0.4) is 0 Å². The lowest BCUT2D eigenvalue weighted by Crippen LogP contribution is -2.56. The number of ether oxygens (including phenoxy) is 2. The molecule has 1 saturated heterocycles. The zero-order valence-corrected chi connectivity index (χ0v) is 16.0. The van der Waals surface area contributed by atoms with Crippen molar-refractivity contribution >= 4 is 11.6 Å². The lowest BCUT2D eigenvalue weighted by atomic mass is 10.0. The average Bonchev–Trinajstić information content (AvgIpc) is 2.53. The van der Waals surface area contributed by atoms with Crippen LogP contribution in [0.1, 0.15) is 27.7 Å². The largest absolute Gasteiger partial charge is 0.573 e. The number of hydrogen-bond acceptors (Lipinski definition) is 4. The first-order valence-corrected chi connectivity index (χ1v) is 8.78. The summed E-state index contributed by atoms with van der Waals surface area (Å²) in [5.41, 5.74) is 5.71. The number of benzene rings is 1. The first kappa shape index (κ1) is 21.3. The second-order valence-corrected chi connectivity index (χ2v) is 7.35. The van der Waals surface area contributed by atoms with Crippen LogP contribution in [0, 0.1) is 0 Å². The van der Waals surface area contributed by atoms with Gasteiger partial charge in [0.25, 0.3) is 0 Å². The van der Waals surface area contributed by atoms with Crippen LogP contribution in [-0.2, 0) is 4.74 Å². The van der Waals surface area contributed by atoms with Gasteiger partial charge in [-0.05, 0) is 39.8 Å². The normalized spacial score (nSPS) is 22.6. The Bertz CT molecular complexity index is 654. The van der Waals surface area contributed by atoms with Crippen molar-refractivity contribution in [2.45, 2.75) is 51.8 Å². The number of halogens is 3. The Kier molecular flexibility index (Phi) is 6.59. The Morgan fingerprint density at radius 2 is 1.85 bits per heavy atom. The zero-order valence-electron chi connectivity index (χ0n) is 16.0. The predicted molar refractivity (Wildman–Crippen MR) is 98.9 cm³/mol. The minimum atomic E-state index is -4.78. The maximum Gasteiger partial charge on any atom is 0.573 e. The van der Waals surface area contributed by atoms with Crippen LogP contribution in [0.15, 0.2) is 29.3 Å². The third kappa shape index (κ3) is 6.59. The molecule has 27 heavy (non-hydrogen) atoms. The lowest BCUT2D eigenvalue weighted by molar-refractivity contribution is -0.274. The molecular formula is C18H27F3N4O2. The van der Waals surface area contributed by atoms with Gasteiger partial charge >= 0.3 is 6.36 Å². The van der Waals surface area contributed by atoms with E-state index in [1.165, 1.54) is 18.2 Å². The first-order valence-electron chi connectivity index (χ1n) is 8.78. The second-order valence-electron chi connectivity index (χ2n) is 7.35. The molecule has 0 aliphatic carbocycles. The van der Waals surface area contributed by atoms with Crippen molar-refractivity contribution in [3.63, 3.8) is 0 Å². The Morgan fingerprint density at radius 3 is 2.44 bits per heavy atom. The number of para-hydroxylation sites is 2. The molecule has 0 spiro atoms. The molecule has 9 heteroatoms. The SMILES string of the molecule is CC1CN(C(C)(C)CN=C(N)Nc2ccccc2OC(F)(F)F)CC(C)O1. The third-order valence-electron chi connectivity index (χ3n) is 4.29. The molecule has 1 aromatic carbocycles. The van der Waals surface area contributed by atoms with Gasteiger partial charge in [-0.1, -0.05) is 12.1 Å². The Balaban J connectivity index is 2.04. The van der Waals surface area contributed by atoms with E-state index in [1.807, 2.05) is 13.8 Å². The van der Waals surface area contributed by atoms with Gasteiger partial charge in [0.15, 0.2) is 11.7 Å². The Morgan fingerprint density at radius 1 is 1.26 bits per heavy atom. The molecule has 1 heterocycles. The van der Waals surface area contributed by atoms with Crippen molar-refractivity contribution in [1.29, 1.82) is 0 Å². The molecule has 1 aromatic rings. The molecule has 0 amide bonds. The Hall–Kier alpha value is -2.00. The van der Waals surface area contributed by atoms with Crippen LogP contribution < -0.4 is 15.8 Å². The molecule has 1 fully saturated rings. The summed E-state index contributed by atoms with van der Waals surface area (Å²) >= 11 is 0. The smallest absolute Gasteiger partial charge is 0.404 e.